The van der Waals surface area contributed by atoms with E-state index in [-0.39, 0.29) is 18.1 Å². The largest absolute Gasteiger partial charge is 0.497 e. The van der Waals surface area contributed by atoms with Gasteiger partial charge in [-0.3, -0.25) is 9.59 Å². The number of ether oxygens (including phenoxy) is 2. The molecular weight excluding hydrogens is 590 g/mol. The molecule has 1 amide bonds. The molecule has 2 N–H and O–H groups in total. The minimum Gasteiger partial charge on any atom is -0.497 e. The molecule has 0 saturated heterocycles. The van der Waals surface area contributed by atoms with Crippen molar-refractivity contribution in [1.82, 2.24) is 14.0 Å². The van der Waals surface area contributed by atoms with Gasteiger partial charge >= 0.3 is 16.2 Å². The van der Waals surface area contributed by atoms with Crippen molar-refractivity contribution in [3.8, 4) is 17.0 Å². The lowest BCUT2D eigenvalue weighted by molar-refractivity contribution is -0.147. The van der Waals surface area contributed by atoms with Crippen molar-refractivity contribution < 1.29 is 27.5 Å². The van der Waals surface area contributed by atoms with Gasteiger partial charge in [0, 0.05) is 29.6 Å². The number of esters is 1. The van der Waals surface area contributed by atoms with E-state index in [9.17, 15) is 18.0 Å². The topological polar surface area (TPSA) is 116 Å². The van der Waals surface area contributed by atoms with E-state index >= 15 is 0 Å². The number of nitrogens with zero attached hydrogens (tertiary/aromatic N) is 1. The molecule has 2 aliphatic carbocycles. The minimum absolute atomic E-state index is 0.0525. The molecule has 0 bridgehead atoms. The minimum atomic E-state index is -4.12. The first kappa shape index (κ1) is 30.9. The number of aromatic nitrogens is 1. The molecule has 4 aromatic rings. The number of fused-ring (bicyclic) bond motifs is 1. The molecule has 6 rings (SSSR count). The Morgan fingerprint density at radius 2 is 1.64 bits per heavy atom. The second-order valence-corrected chi connectivity index (χ2v) is 13.7. The van der Waals surface area contributed by atoms with Crippen molar-refractivity contribution in [3.63, 3.8) is 0 Å². The quantitative estimate of drug-likeness (QED) is 0.194. The molecule has 236 valence electrons. The summed E-state index contributed by atoms with van der Waals surface area (Å²) in [5, 5.41) is 1.01. The van der Waals surface area contributed by atoms with Gasteiger partial charge in [-0.05, 0) is 84.7 Å². The SMILES string of the molecule is COC(=O)C1(Cn2c(-c3ccc(OC)cc3)c(C3CCCCC3)c3ccc(C(=O)NS(=O)(=O)NCc4ccccc4)cc32)CC1. The molecule has 0 radical (unpaired) electrons. The summed E-state index contributed by atoms with van der Waals surface area (Å²) in [5.41, 5.74) is 4.35. The van der Waals surface area contributed by atoms with Crippen molar-refractivity contribution >= 4 is 33.0 Å². The molecule has 0 aliphatic heterocycles. The molecule has 2 fully saturated rings. The summed E-state index contributed by atoms with van der Waals surface area (Å²) in [6.45, 7) is 0.448. The third-order valence-electron chi connectivity index (χ3n) is 9.21. The van der Waals surface area contributed by atoms with Crippen LogP contribution in [0.2, 0.25) is 0 Å². The molecule has 2 aliphatic rings. The van der Waals surface area contributed by atoms with Gasteiger partial charge in [0.25, 0.3) is 5.91 Å². The summed E-state index contributed by atoms with van der Waals surface area (Å²) < 4.78 is 43.1. The zero-order chi connectivity index (χ0) is 31.6. The average Bonchev–Trinajstić information content (AvgIpc) is 3.79. The van der Waals surface area contributed by atoms with Crippen LogP contribution in [0.3, 0.4) is 0 Å². The summed E-state index contributed by atoms with van der Waals surface area (Å²) in [6, 6.07) is 22.4. The Hall–Kier alpha value is -4.15. The number of amides is 1. The van der Waals surface area contributed by atoms with Crippen molar-refractivity contribution in [1.29, 1.82) is 0 Å². The Morgan fingerprint density at radius 3 is 2.29 bits per heavy atom. The van der Waals surface area contributed by atoms with Gasteiger partial charge in [0.15, 0.2) is 0 Å². The lowest BCUT2D eigenvalue weighted by Crippen LogP contribution is -2.39. The second kappa shape index (κ2) is 12.7. The van der Waals surface area contributed by atoms with Crippen molar-refractivity contribution in [2.45, 2.75) is 64.0 Å². The molecular formula is C35H39N3O6S. The van der Waals surface area contributed by atoms with Gasteiger partial charge in [-0.15, -0.1) is 0 Å². The number of carbonyl (C=O) groups excluding carboxylic acids is 2. The Bertz CT molecular complexity index is 1810. The number of carbonyl (C=O) groups is 2. The zero-order valence-corrected chi connectivity index (χ0v) is 26.5. The van der Waals surface area contributed by atoms with Crippen LogP contribution in [0.15, 0.2) is 72.8 Å². The fourth-order valence-corrected chi connectivity index (χ4v) is 7.43. The van der Waals surface area contributed by atoms with E-state index in [0.717, 1.165) is 59.2 Å². The van der Waals surface area contributed by atoms with Gasteiger partial charge in [0.05, 0.1) is 25.3 Å². The predicted molar refractivity (Wildman–Crippen MR) is 173 cm³/mol. The number of methoxy groups -OCH3 is 2. The lowest BCUT2D eigenvalue weighted by atomic mass is 9.81. The Balaban J connectivity index is 1.44. The number of benzene rings is 3. The molecule has 9 nitrogen and oxygen atoms in total. The van der Waals surface area contributed by atoms with E-state index in [2.05, 4.69) is 14.0 Å². The van der Waals surface area contributed by atoms with Gasteiger partial charge in [-0.25, -0.2) is 4.72 Å². The van der Waals surface area contributed by atoms with Crippen LogP contribution in [-0.2, 0) is 32.8 Å². The highest BCUT2D eigenvalue weighted by atomic mass is 32.2. The van der Waals surface area contributed by atoms with Crippen LogP contribution in [0.5, 0.6) is 5.75 Å². The first-order valence-electron chi connectivity index (χ1n) is 15.5. The van der Waals surface area contributed by atoms with Gasteiger partial charge in [0.1, 0.15) is 5.75 Å². The normalized spacial score (nSPS) is 16.3. The molecule has 0 spiro atoms. The lowest BCUT2D eigenvalue weighted by Gasteiger charge is -2.24. The van der Waals surface area contributed by atoms with Crippen molar-refractivity contribution in [2.75, 3.05) is 14.2 Å². The van der Waals surface area contributed by atoms with Crippen molar-refractivity contribution in [3.05, 3.63) is 89.5 Å². The van der Waals surface area contributed by atoms with Crippen LogP contribution in [0.25, 0.3) is 22.2 Å². The fraction of sp³-hybridized carbons (Fsp3) is 0.371. The molecule has 0 unspecified atom stereocenters. The van der Waals surface area contributed by atoms with Gasteiger partial charge < -0.3 is 14.0 Å². The van der Waals surface area contributed by atoms with Crippen LogP contribution in [0, 0.1) is 5.41 Å². The molecule has 45 heavy (non-hydrogen) atoms. The third kappa shape index (κ3) is 6.48. The standard InChI is InChI=1S/C35H39N3O6S/c1-43-28-16-13-26(14-17-28)32-31(25-11-7-4-8-12-25)29-18-15-27(21-30(29)38(32)23-35(19-20-35)34(40)44-2)33(39)37-45(41,42)36-22-24-9-5-3-6-10-24/h3,5-6,9-10,13-18,21,25,36H,4,7-8,11-12,19-20,22-23H2,1-2H3,(H,37,39). The smallest absolute Gasteiger partial charge is 0.313 e. The Kier molecular flexibility index (Phi) is 8.70. The second-order valence-electron chi connectivity index (χ2n) is 12.2. The van der Waals surface area contributed by atoms with E-state index < -0.39 is 21.5 Å². The van der Waals surface area contributed by atoms with E-state index in [1.165, 1.54) is 19.1 Å². The summed E-state index contributed by atoms with van der Waals surface area (Å²) in [5.74, 6) is 0.0864. The fourth-order valence-electron chi connectivity index (χ4n) is 6.63. The highest BCUT2D eigenvalue weighted by molar-refractivity contribution is 7.88. The zero-order valence-electron chi connectivity index (χ0n) is 25.7. The number of hydrogen-bond acceptors (Lipinski definition) is 6. The van der Waals surface area contributed by atoms with E-state index in [4.69, 9.17) is 9.47 Å². The van der Waals surface area contributed by atoms with Crippen LogP contribution in [0.1, 0.15) is 72.3 Å². The van der Waals surface area contributed by atoms with E-state index in [1.54, 1.807) is 31.4 Å². The molecule has 2 saturated carbocycles. The maximum absolute atomic E-state index is 13.4. The number of nitrogens with one attached hydrogen (secondary N) is 2. The summed E-state index contributed by atoms with van der Waals surface area (Å²) in [6.07, 6.45) is 7.02. The number of hydrogen-bond donors (Lipinski definition) is 2. The van der Waals surface area contributed by atoms with Gasteiger partial charge in [0.2, 0.25) is 0 Å². The van der Waals surface area contributed by atoms with Crippen LogP contribution < -0.4 is 14.2 Å². The highest BCUT2D eigenvalue weighted by Gasteiger charge is 2.52. The van der Waals surface area contributed by atoms with E-state index in [1.807, 2.05) is 48.5 Å². The average molecular weight is 630 g/mol. The molecule has 1 heterocycles. The Morgan fingerprint density at radius 1 is 0.933 bits per heavy atom. The van der Waals surface area contributed by atoms with E-state index in [0.29, 0.717) is 25.3 Å². The first-order chi connectivity index (χ1) is 21.7. The maximum atomic E-state index is 13.4. The van der Waals surface area contributed by atoms with Gasteiger partial charge in [-0.1, -0.05) is 55.7 Å². The third-order valence-corrected chi connectivity index (χ3v) is 10.2. The van der Waals surface area contributed by atoms with Crippen LogP contribution in [0.4, 0.5) is 0 Å². The number of rotatable bonds is 11. The van der Waals surface area contributed by atoms with Crippen molar-refractivity contribution in [2.24, 2.45) is 5.41 Å². The Labute approximate surface area is 264 Å². The predicted octanol–water partition coefficient (Wildman–Crippen LogP) is 6.08. The van der Waals surface area contributed by atoms with Gasteiger partial charge in [-0.2, -0.15) is 13.1 Å². The molecule has 3 aromatic carbocycles. The monoisotopic (exact) mass is 629 g/mol. The molecule has 1 aromatic heterocycles. The maximum Gasteiger partial charge on any atom is 0.313 e. The van der Waals surface area contributed by atoms with Crippen LogP contribution >= 0.6 is 0 Å². The molecule has 0 atom stereocenters. The highest BCUT2D eigenvalue weighted by Crippen LogP contribution is 2.51. The first-order valence-corrected chi connectivity index (χ1v) is 17.0. The molecule has 10 heteroatoms. The summed E-state index contributed by atoms with van der Waals surface area (Å²) in [4.78, 5) is 26.4. The summed E-state index contributed by atoms with van der Waals surface area (Å²) >= 11 is 0. The summed E-state index contributed by atoms with van der Waals surface area (Å²) in [7, 11) is -1.07. The van der Waals surface area contributed by atoms with Crippen LogP contribution in [-0.4, -0.2) is 39.1 Å².